The van der Waals surface area contributed by atoms with Gasteiger partial charge in [-0.15, -0.1) is 0 Å². The monoisotopic (exact) mass is 413 g/mol. The molecule has 0 bridgehead atoms. The molecule has 1 aromatic carbocycles. The number of nitrogen functional groups attached to an aromatic ring is 1. The number of hydrogen-bond acceptors (Lipinski definition) is 6. The minimum absolute atomic E-state index is 0.126. The second kappa shape index (κ2) is 9.37. The molecule has 3 aromatic rings. The lowest BCUT2D eigenvalue weighted by Crippen LogP contribution is -2.35. The molecule has 0 atom stereocenters. The van der Waals surface area contributed by atoms with Gasteiger partial charge in [-0.25, -0.2) is 20.0 Å². The van der Waals surface area contributed by atoms with Crippen LogP contribution in [0.3, 0.4) is 0 Å². The molecule has 0 radical (unpaired) electrons. The van der Waals surface area contributed by atoms with Gasteiger partial charge in [0, 0.05) is 29.4 Å². The van der Waals surface area contributed by atoms with E-state index < -0.39 is 0 Å². The molecule has 1 amide bonds. The van der Waals surface area contributed by atoms with Gasteiger partial charge >= 0.3 is 0 Å². The van der Waals surface area contributed by atoms with Crippen molar-refractivity contribution in [3.8, 4) is 23.1 Å². The van der Waals surface area contributed by atoms with E-state index in [-0.39, 0.29) is 5.91 Å². The first-order chi connectivity index (χ1) is 15.2. The number of pyridine rings is 1. The van der Waals surface area contributed by atoms with Crippen molar-refractivity contribution < 1.29 is 9.63 Å². The van der Waals surface area contributed by atoms with Gasteiger partial charge in [0.2, 0.25) is 0 Å². The van der Waals surface area contributed by atoms with E-state index in [9.17, 15) is 4.79 Å². The van der Waals surface area contributed by atoms with Gasteiger partial charge in [-0.05, 0) is 43.5 Å². The normalized spacial score (nSPS) is 13.4. The molecule has 3 heterocycles. The largest absolute Gasteiger partial charge is 0.384 e. The van der Waals surface area contributed by atoms with Crippen LogP contribution in [0.2, 0.25) is 0 Å². The van der Waals surface area contributed by atoms with Gasteiger partial charge in [0.05, 0.1) is 23.6 Å². The van der Waals surface area contributed by atoms with Crippen LogP contribution in [0, 0.1) is 11.8 Å². The Kier molecular flexibility index (Phi) is 6.20. The number of amides is 1. The molecule has 0 aliphatic carbocycles. The number of carbonyl (C=O) groups is 1. The van der Waals surface area contributed by atoms with Crippen LogP contribution < -0.4 is 5.73 Å². The van der Waals surface area contributed by atoms with E-state index in [0.29, 0.717) is 24.5 Å². The fraction of sp³-hybridized carbons (Fsp3) is 0.250. The lowest BCUT2D eigenvalue weighted by atomic mass is 10.0. The molecule has 31 heavy (non-hydrogen) atoms. The number of anilines is 1. The molecule has 2 N–H and O–H groups in total. The summed E-state index contributed by atoms with van der Waals surface area (Å²) in [6.07, 6.45) is 5.84. The summed E-state index contributed by atoms with van der Waals surface area (Å²) in [5.41, 5.74) is 10.2. The van der Waals surface area contributed by atoms with Gasteiger partial charge < -0.3 is 5.73 Å². The fourth-order valence-electron chi connectivity index (χ4n) is 3.33. The molecule has 156 valence electrons. The second-order valence-corrected chi connectivity index (χ2v) is 7.14. The van der Waals surface area contributed by atoms with E-state index >= 15 is 0 Å². The van der Waals surface area contributed by atoms with Gasteiger partial charge in [0.15, 0.2) is 0 Å². The van der Waals surface area contributed by atoms with E-state index in [1.54, 1.807) is 30.7 Å². The zero-order valence-corrected chi connectivity index (χ0v) is 17.3. The van der Waals surface area contributed by atoms with Crippen LogP contribution in [0.25, 0.3) is 11.3 Å². The summed E-state index contributed by atoms with van der Waals surface area (Å²) >= 11 is 0. The average Bonchev–Trinajstić information content (AvgIpc) is 2.83. The molecule has 1 fully saturated rings. The highest BCUT2D eigenvalue weighted by atomic mass is 16.7. The Balaban J connectivity index is 1.65. The van der Waals surface area contributed by atoms with Crippen LogP contribution in [-0.2, 0) is 11.3 Å². The molecule has 2 aromatic heterocycles. The minimum atomic E-state index is -0.126. The summed E-state index contributed by atoms with van der Waals surface area (Å²) in [4.78, 5) is 31.1. The average molecular weight is 413 g/mol. The molecule has 7 nitrogen and oxygen atoms in total. The Bertz CT molecular complexity index is 1130. The van der Waals surface area contributed by atoms with Gasteiger partial charge in [0.25, 0.3) is 5.91 Å². The Morgan fingerprint density at radius 3 is 2.61 bits per heavy atom. The van der Waals surface area contributed by atoms with Crippen molar-refractivity contribution in [2.24, 2.45) is 0 Å². The van der Waals surface area contributed by atoms with Crippen LogP contribution in [0.1, 0.15) is 46.9 Å². The topological polar surface area (TPSA) is 94.2 Å². The Hall–Kier alpha value is -3.76. The molecule has 0 spiro atoms. The molecule has 7 heteroatoms. The summed E-state index contributed by atoms with van der Waals surface area (Å²) in [6.45, 7) is 3.23. The van der Waals surface area contributed by atoms with Gasteiger partial charge in [-0.3, -0.25) is 9.63 Å². The number of nitrogens with two attached hydrogens (primary N) is 1. The molecule has 1 aliphatic rings. The van der Waals surface area contributed by atoms with Crippen LogP contribution in [0.5, 0.6) is 0 Å². The van der Waals surface area contributed by atoms with E-state index in [4.69, 9.17) is 10.6 Å². The summed E-state index contributed by atoms with van der Waals surface area (Å²) in [6, 6.07) is 10.9. The first-order valence-corrected chi connectivity index (χ1v) is 10.3. The lowest BCUT2D eigenvalue weighted by molar-refractivity contribution is -0.144. The smallest absolute Gasteiger partial charge is 0.277 e. The maximum atomic E-state index is 12.6. The quantitative estimate of drug-likeness (QED) is 0.663. The maximum Gasteiger partial charge on any atom is 0.277 e. The highest BCUT2D eigenvalue weighted by Gasteiger charge is 2.19. The predicted molar refractivity (Wildman–Crippen MR) is 118 cm³/mol. The number of hydroxylamine groups is 2. The van der Waals surface area contributed by atoms with Crippen LogP contribution in [0.4, 0.5) is 5.82 Å². The van der Waals surface area contributed by atoms with Gasteiger partial charge in [-0.1, -0.05) is 30.9 Å². The van der Waals surface area contributed by atoms with Crippen LogP contribution >= 0.6 is 0 Å². The maximum absolute atomic E-state index is 12.6. The van der Waals surface area contributed by atoms with Crippen molar-refractivity contribution in [1.29, 1.82) is 0 Å². The standard InChI is InChI=1S/C24H23N5O2/c1-2-21-20(11-5-17-6-12-22(25)26-15-17)23(28-16-27-21)18-7-9-19(10-8-18)24(30)29-13-3-4-14-31-29/h6-10,12,15-16H,2-4,13-14H2,1H3,(H2,25,26). The van der Waals surface area contributed by atoms with Gasteiger partial charge in [-0.2, -0.15) is 0 Å². The first-order valence-electron chi connectivity index (χ1n) is 10.3. The lowest BCUT2D eigenvalue weighted by Gasteiger charge is -2.25. The molecule has 0 saturated carbocycles. The van der Waals surface area contributed by atoms with Crippen molar-refractivity contribution in [3.05, 3.63) is 71.3 Å². The van der Waals surface area contributed by atoms with E-state index in [1.165, 1.54) is 5.06 Å². The number of rotatable bonds is 3. The number of benzene rings is 1. The molecular weight excluding hydrogens is 390 g/mol. The van der Waals surface area contributed by atoms with Crippen molar-refractivity contribution in [1.82, 2.24) is 20.0 Å². The summed E-state index contributed by atoms with van der Waals surface area (Å²) in [7, 11) is 0. The molecule has 0 unspecified atom stereocenters. The van der Waals surface area contributed by atoms with E-state index in [2.05, 4.69) is 26.8 Å². The van der Waals surface area contributed by atoms with Crippen LogP contribution in [-0.4, -0.2) is 39.1 Å². The Morgan fingerprint density at radius 2 is 1.94 bits per heavy atom. The van der Waals surface area contributed by atoms with E-state index in [0.717, 1.165) is 47.3 Å². The van der Waals surface area contributed by atoms with Crippen molar-refractivity contribution in [3.63, 3.8) is 0 Å². The fourth-order valence-corrected chi connectivity index (χ4v) is 3.33. The highest BCUT2D eigenvalue weighted by molar-refractivity contribution is 5.94. The SMILES string of the molecule is CCc1ncnc(-c2ccc(C(=O)N3CCCCO3)cc2)c1C#Cc1ccc(N)nc1. The predicted octanol–water partition coefficient (Wildman–Crippen LogP) is 3.25. The number of aryl methyl sites for hydroxylation is 1. The third-order valence-corrected chi connectivity index (χ3v) is 5.01. The number of hydrogen-bond donors (Lipinski definition) is 1. The minimum Gasteiger partial charge on any atom is -0.384 e. The van der Waals surface area contributed by atoms with Crippen molar-refractivity contribution in [2.75, 3.05) is 18.9 Å². The third kappa shape index (κ3) is 4.71. The summed E-state index contributed by atoms with van der Waals surface area (Å²) < 4.78 is 0. The van der Waals surface area contributed by atoms with Crippen molar-refractivity contribution in [2.45, 2.75) is 26.2 Å². The number of carbonyl (C=O) groups excluding carboxylic acids is 1. The summed E-state index contributed by atoms with van der Waals surface area (Å²) in [5, 5.41) is 1.44. The summed E-state index contributed by atoms with van der Waals surface area (Å²) in [5.74, 6) is 6.65. The van der Waals surface area contributed by atoms with E-state index in [1.807, 2.05) is 25.1 Å². The zero-order valence-electron chi connectivity index (χ0n) is 17.3. The molecular formula is C24H23N5O2. The van der Waals surface area contributed by atoms with Crippen LogP contribution in [0.15, 0.2) is 48.9 Å². The third-order valence-electron chi connectivity index (χ3n) is 5.01. The second-order valence-electron chi connectivity index (χ2n) is 7.14. The number of nitrogens with zero attached hydrogens (tertiary/aromatic N) is 4. The first kappa shape index (κ1) is 20.5. The number of aromatic nitrogens is 3. The highest BCUT2D eigenvalue weighted by Crippen LogP contribution is 2.24. The van der Waals surface area contributed by atoms with Gasteiger partial charge in [0.1, 0.15) is 12.1 Å². The Morgan fingerprint density at radius 1 is 1.10 bits per heavy atom. The molecule has 4 rings (SSSR count). The molecule has 1 saturated heterocycles. The Labute approximate surface area is 181 Å². The van der Waals surface area contributed by atoms with Crippen molar-refractivity contribution >= 4 is 11.7 Å². The zero-order chi connectivity index (χ0) is 21.6. The molecule has 1 aliphatic heterocycles.